The van der Waals surface area contributed by atoms with Crippen LogP contribution in [0, 0.1) is 5.92 Å². The monoisotopic (exact) mass is 214 g/mol. The molecule has 88 valence electrons. The quantitative estimate of drug-likeness (QED) is 0.655. The summed E-state index contributed by atoms with van der Waals surface area (Å²) in [4.78, 5) is 11.6. The van der Waals surface area contributed by atoms with Crippen molar-refractivity contribution in [2.24, 2.45) is 5.92 Å². The highest BCUT2D eigenvalue weighted by Gasteiger charge is 2.18. The number of ether oxygens (including phenoxy) is 1. The Morgan fingerprint density at radius 3 is 2.67 bits per heavy atom. The van der Waals surface area contributed by atoms with Crippen molar-refractivity contribution in [2.45, 2.75) is 32.7 Å². The summed E-state index contributed by atoms with van der Waals surface area (Å²) in [6.45, 7) is 7.37. The second kappa shape index (κ2) is 6.80. The summed E-state index contributed by atoms with van der Waals surface area (Å²) in [5, 5.41) is 6.57. The fourth-order valence-electron chi connectivity index (χ4n) is 1.75. The summed E-state index contributed by atoms with van der Waals surface area (Å²) in [6, 6.07) is 0.275. The molecule has 0 aromatic heterocycles. The van der Waals surface area contributed by atoms with Crippen molar-refractivity contribution in [3.63, 3.8) is 0 Å². The van der Waals surface area contributed by atoms with Gasteiger partial charge in [0.15, 0.2) is 0 Å². The standard InChI is InChI=1S/C11H22N2O2/c1-3-9(4-2)11(14)15-8-10-7-12-5-6-13-10/h9-10,12-13H,3-8H2,1-2H3. The van der Waals surface area contributed by atoms with E-state index in [-0.39, 0.29) is 17.9 Å². The van der Waals surface area contributed by atoms with Gasteiger partial charge in [0.25, 0.3) is 0 Å². The van der Waals surface area contributed by atoms with E-state index >= 15 is 0 Å². The predicted molar refractivity (Wildman–Crippen MR) is 59.7 cm³/mol. The summed E-state index contributed by atoms with van der Waals surface area (Å²) in [5.74, 6) is 0.0222. The number of carbonyl (C=O) groups excluding carboxylic acids is 1. The van der Waals surface area contributed by atoms with Gasteiger partial charge in [-0.2, -0.15) is 0 Å². The Morgan fingerprint density at radius 1 is 1.40 bits per heavy atom. The van der Waals surface area contributed by atoms with E-state index < -0.39 is 0 Å². The van der Waals surface area contributed by atoms with Crippen molar-refractivity contribution in [1.29, 1.82) is 0 Å². The molecule has 4 nitrogen and oxygen atoms in total. The number of esters is 1. The number of hydrogen-bond acceptors (Lipinski definition) is 4. The highest BCUT2D eigenvalue weighted by atomic mass is 16.5. The first-order valence-corrected chi connectivity index (χ1v) is 5.88. The van der Waals surface area contributed by atoms with E-state index in [1.165, 1.54) is 0 Å². The van der Waals surface area contributed by atoms with Crippen LogP contribution in [-0.4, -0.2) is 38.3 Å². The van der Waals surface area contributed by atoms with Crippen LogP contribution in [-0.2, 0) is 9.53 Å². The van der Waals surface area contributed by atoms with Gasteiger partial charge in [-0.1, -0.05) is 13.8 Å². The minimum Gasteiger partial charge on any atom is -0.464 e. The van der Waals surface area contributed by atoms with E-state index in [2.05, 4.69) is 10.6 Å². The zero-order valence-electron chi connectivity index (χ0n) is 9.71. The van der Waals surface area contributed by atoms with E-state index in [1.807, 2.05) is 13.8 Å². The number of piperazine rings is 1. The van der Waals surface area contributed by atoms with Gasteiger partial charge in [-0.3, -0.25) is 4.79 Å². The van der Waals surface area contributed by atoms with Gasteiger partial charge in [0.05, 0.1) is 12.0 Å². The lowest BCUT2D eigenvalue weighted by Crippen LogP contribution is -2.50. The number of hydrogen-bond donors (Lipinski definition) is 2. The van der Waals surface area contributed by atoms with Gasteiger partial charge < -0.3 is 15.4 Å². The Bertz CT molecular complexity index is 187. The summed E-state index contributed by atoms with van der Waals surface area (Å²) in [6.07, 6.45) is 1.73. The molecule has 0 spiro atoms. The molecule has 4 heteroatoms. The normalized spacial score (nSPS) is 21.7. The molecule has 1 fully saturated rings. The van der Waals surface area contributed by atoms with Gasteiger partial charge in [0.2, 0.25) is 0 Å². The zero-order valence-corrected chi connectivity index (χ0v) is 9.71. The van der Waals surface area contributed by atoms with Crippen molar-refractivity contribution in [1.82, 2.24) is 10.6 Å². The lowest BCUT2D eigenvalue weighted by atomic mass is 10.0. The molecule has 1 aliphatic heterocycles. The molecule has 0 aliphatic carbocycles. The Hall–Kier alpha value is -0.610. The average Bonchev–Trinajstić information content (AvgIpc) is 2.29. The second-order valence-electron chi connectivity index (χ2n) is 4.00. The Kier molecular flexibility index (Phi) is 5.65. The third-order valence-corrected chi connectivity index (χ3v) is 2.87. The molecular formula is C11H22N2O2. The highest BCUT2D eigenvalue weighted by molar-refractivity contribution is 5.72. The Balaban J connectivity index is 2.20. The van der Waals surface area contributed by atoms with Crippen molar-refractivity contribution in [2.75, 3.05) is 26.2 Å². The van der Waals surface area contributed by atoms with Gasteiger partial charge >= 0.3 is 5.97 Å². The summed E-state index contributed by atoms with van der Waals surface area (Å²) in [5.41, 5.74) is 0. The fraction of sp³-hybridized carbons (Fsp3) is 0.909. The number of nitrogens with one attached hydrogen (secondary N) is 2. The predicted octanol–water partition coefficient (Wildman–Crippen LogP) is 0.527. The van der Waals surface area contributed by atoms with E-state index in [0.717, 1.165) is 32.5 Å². The van der Waals surface area contributed by atoms with Gasteiger partial charge in [0.1, 0.15) is 6.61 Å². The molecule has 0 aromatic rings. The Morgan fingerprint density at radius 2 is 2.13 bits per heavy atom. The minimum absolute atomic E-state index is 0.0487. The van der Waals surface area contributed by atoms with Crippen molar-refractivity contribution in [3.05, 3.63) is 0 Å². The highest BCUT2D eigenvalue weighted by Crippen LogP contribution is 2.09. The topological polar surface area (TPSA) is 50.4 Å². The second-order valence-corrected chi connectivity index (χ2v) is 4.00. The summed E-state index contributed by atoms with van der Waals surface area (Å²) >= 11 is 0. The van der Waals surface area contributed by atoms with Crippen LogP contribution in [0.15, 0.2) is 0 Å². The number of rotatable bonds is 5. The average molecular weight is 214 g/mol. The first-order chi connectivity index (χ1) is 7.27. The molecule has 15 heavy (non-hydrogen) atoms. The maximum atomic E-state index is 11.6. The first-order valence-electron chi connectivity index (χ1n) is 5.88. The van der Waals surface area contributed by atoms with Crippen LogP contribution in [0.2, 0.25) is 0 Å². The Labute approximate surface area is 91.8 Å². The molecule has 1 aliphatic rings. The number of carbonyl (C=O) groups is 1. The molecular weight excluding hydrogens is 192 g/mol. The molecule has 1 unspecified atom stereocenters. The van der Waals surface area contributed by atoms with Crippen molar-refractivity contribution >= 4 is 5.97 Å². The summed E-state index contributed by atoms with van der Waals surface area (Å²) in [7, 11) is 0. The van der Waals surface area contributed by atoms with E-state index in [1.54, 1.807) is 0 Å². The fourth-order valence-corrected chi connectivity index (χ4v) is 1.75. The SMILES string of the molecule is CCC(CC)C(=O)OCC1CNCCN1. The lowest BCUT2D eigenvalue weighted by molar-refractivity contribution is -0.149. The van der Waals surface area contributed by atoms with E-state index in [0.29, 0.717) is 6.61 Å². The lowest BCUT2D eigenvalue weighted by Gasteiger charge is -2.24. The molecule has 1 saturated heterocycles. The maximum Gasteiger partial charge on any atom is 0.308 e. The third-order valence-electron chi connectivity index (χ3n) is 2.87. The largest absolute Gasteiger partial charge is 0.464 e. The van der Waals surface area contributed by atoms with Crippen LogP contribution in [0.4, 0.5) is 0 Å². The molecule has 1 atom stereocenters. The molecule has 2 N–H and O–H groups in total. The zero-order chi connectivity index (χ0) is 11.1. The van der Waals surface area contributed by atoms with Crippen LogP contribution in [0.25, 0.3) is 0 Å². The molecule has 0 aromatic carbocycles. The van der Waals surface area contributed by atoms with Crippen LogP contribution < -0.4 is 10.6 Å². The minimum atomic E-state index is -0.0487. The van der Waals surface area contributed by atoms with Gasteiger partial charge in [0, 0.05) is 19.6 Å². The third kappa shape index (κ3) is 4.18. The van der Waals surface area contributed by atoms with Crippen LogP contribution >= 0.6 is 0 Å². The van der Waals surface area contributed by atoms with Gasteiger partial charge in [-0.15, -0.1) is 0 Å². The van der Waals surface area contributed by atoms with Crippen molar-refractivity contribution in [3.8, 4) is 0 Å². The molecule has 1 heterocycles. The molecule has 0 saturated carbocycles. The first kappa shape index (κ1) is 12.5. The van der Waals surface area contributed by atoms with E-state index in [4.69, 9.17) is 4.74 Å². The maximum absolute atomic E-state index is 11.6. The van der Waals surface area contributed by atoms with Gasteiger partial charge in [-0.25, -0.2) is 0 Å². The van der Waals surface area contributed by atoms with Crippen LogP contribution in [0.1, 0.15) is 26.7 Å². The summed E-state index contributed by atoms with van der Waals surface area (Å²) < 4.78 is 5.28. The molecule has 0 bridgehead atoms. The molecule has 1 rings (SSSR count). The molecule has 0 amide bonds. The van der Waals surface area contributed by atoms with E-state index in [9.17, 15) is 4.79 Å². The van der Waals surface area contributed by atoms with Crippen LogP contribution in [0.3, 0.4) is 0 Å². The van der Waals surface area contributed by atoms with Crippen molar-refractivity contribution < 1.29 is 9.53 Å². The smallest absolute Gasteiger partial charge is 0.308 e. The van der Waals surface area contributed by atoms with Crippen LogP contribution in [0.5, 0.6) is 0 Å². The molecule has 0 radical (unpaired) electrons. The van der Waals surface area contributed by atoms with Gasteiger partial charge in [-0.05, 0) is 12.8 Å².